The Morgan fingerprint density at radius 2 is 1.40 bits per heavy atom. The standard InChI is InChI=1S/C30H38N2O2S/c33-30(16-10-2-1-5-11-25-12-6-3-7-13-25)32-28(21-22-31-34)24-35-29-19-17-27(18-20-29)23-26-14-8-4-9-15-26/h3-4,6-9,12-15,17-20,28,31,34H,1-2,5,10-11,16,21-24H2,(H,32,33). The van der Waals surface area contributed by atoms with Crippen LogP contribution in [0.4, 0.5) is 0 Å². The molecular formula is C30H38N2O2S. The molecule has 3 rings (SSSR count). The van der Waals surface area contributed by atoms with Gasteiger partial charge in [-0.1, -0.05) is 85.6 Å². The van der Waals surface area contributed by atoms with Crippen molar-refractivity contribution in [2.45, 2.75) is 62.3 Å². The molecule has 1 atom stereocenters. The van der Waals surface area contributed by atoms with Crippen LogP contribution >= 0.6 is 11.8 Å². The predicted octanol–water partition coefficient (Wildman–Crippen LogP) is 6.42. The SMILES string of the molecule is O=C(CCCCCCc1ccccc1)NC(CCNO)CSc1ccc(Cc2ccccc2)cc1. The largest absolute Gasteiger partial charge is 0.352 e. The van der Waals surface area contributed by atoms with E-state index in [-0.39, 0.29) is 11.9 Å². The van der Waals surface area contributed by atoms with Crippen LogP contribution in [0.3, 0.4) is 0 Å². The lowest BCUT2D eigenvalue weighted by Crippen LogP contribution is -2.38. The summed E-state index contributed by atoms with van der Waals surface area (Å²) in [5.41, 5.74) is 6.20. The number of amides is 1. The van der Waals surface area contributed by atoms with Crippen LogP contribution < -0.4 is 10.8 Å². The highest BCUT2D eigenvalue weighted by Crippen LogP contribution is 2.21. The van der Waals surface area contributed by atoms with E-state index in [2.05, 4.69) is 83.6 Å². The quantitative estimate of drug-likeness (QED) is 0.123. The van der Waals surface area contributed by atoms with E-state index in [1.54, 1.807) is 11.8 Å². The summed E-state index contributed by atoms with van der Waals surface area (Å²) in [5, 5.41) is 12.2. The average molecular weight is 491 g/mol. The normalized spacial score (nSPS) is 11.8. The summed E-state index contributed by atoms with van der Waals surface area (Å²) >= 11 is 1.74. The van der Waals surface area contributed by atoms with Crippen molar-refractivity contribution in [1.29, 1.82) is 0 Å². The van der Waals surface area contributed by atoms with Gasteiger partial charge in [-0.25, -0.2) is 5.48 Å². The van der Waals surface area contributed by atoms with Gasteiger partial charge in [0.2, 0.25) is 5.91 Å². The molecule has 1 unspecified atom stereocenters. The van der Waals surface area contributed by atoms with Crippen LogP contribution in [-0.2, 0) is 17.6 Å². The van der Waals surface area contributed by atoms with E-state index in [9.17, 15) is 4.79 Å². The van der Waals surface area contributed by atoms with E-state index < -0.39 is 0 Å². The Hall–Kier alpha value is -2.60. The van der Waals surface area contributed by atoms with Gasteiger partial charge in [-0.3, -0.25) is 4.79 Å². The topological polar surface area (TPSA) is 61.4 Å². The molecule has 0 aromatic heterocycles. The third-order valence-corrected chi connectivity index (χ3v) is 7.23. The molecule has 5 heteroatoms. The van der Waals surface area contributed by atoms with Crippen LogP contribution in [0.2, 0.25) is 0 Å². The number of carbonyl (C=O) groups excluding carboxylic acids is 1. The van der Waals surface area contributed by atoms with Crippen molar-refractivity contribution in [1.82, 2.24) is 10.8 Å². The molecule has 0 heterocycles. The summed E-state index contributed by atoms with van der Waals surface area (Å²) in [5.74, 6) is 0.887. The zero-order valence-electron chi connectivity index (χ0n) is 20.5. The van der Waals surface area contributed by atoms with Gasteiger partial charge < -0.3 is 10.5 Å². The first-order chi connectivity index (χ1) is 17.2. The van der Waals surface area contributed by atoms with Gasteiger partial charge in [0.25, 0.3) is 0 Å². The van der Waals surface area contributed by atoms with Crippen molar-refractivity contribution in [2.24, 2.45) is 0 Å². The number of rotatable bonds is 16. The highest BCUT2D eigenvalue weighted by atomic mass is 32.2. The predicted molar refractivity (Wildman–Crippen MR) is 146 cm³/mol. The van der Waals surface area contributed by atoms with Crippen LogP contribution in [0.25, 0.3) is 0 Å². The minimum absolute atomic E-state index is 0.0224. The second-order valence-electron chi connectivity index (χ2n) is 8.98. The van der Waals surface area contributed by atoms with Crippen LogP contribution in [0.15, 0.2) is 89.8 Å². The van der Waals surface area contributed by atoms with E-state index in [0.29, 0.717) is 19.4 Å². The van der Waals surface area contributed by atoms with Crippen LogP contribution in [-0.4, -0.2) is 29.5 Å². The number of hydroxylamine groups is 1. The second kappa shape index (κ2) is 16.1. The molecule has 3 aromatic carbocycles. The third kappa shape index (κ3) is 11.1. The molecule has 0 fully saturated rings. The molecule has 0 bridgehead atoms. The van der Waals surface area contributed by atoms with E-state index in [1.165, 1.54) is 21.6 Å². The summed E-state index contributed by atoms with van der Waals surface area (Å²) in [6.45, 7) is 0.459. The first-order valence-electron chi connectivity index (χ1n) is 12.7. The molecule has 0 radical (unpaired) electrons. The smallest absolute Gasteiger partial charge is 0.220 e. The van der Waals surface area contributed by atoms with Gasteiger partial charge in [-0.05, 0) is 60.9 Å². The zero-order chi connectivity index (χ0) is 24.6. The number of nitrogens with one attached hydrogen (secondary N) is 2. The molecule has 0 aliphatic heterocycles. The first kappa shape index (κ1) is 27.0. The summed E-state index contributed by atoms with van der Waals surface area (Å²) in [4.78, 5) is 13.7. The van der Waals surface area contributed by atoms with Crippen molar-refractivity contribution >= 4 is 17.7 Å². The summed E-state index contributed by atoms with van der Waals surface area (Å²) in [6, 6.07) is 29.7. The van der Waals surface area contributed by atoms with Crippen LogP contribution in [0, 0.1) is 0 Å². The monoisotopic (exact) mass is 490 g/mol. The minimum Gasteiger partial charge on any atom is -0.352 e. The Kier molecular flexibility index (Phi) is 12.4. The zero-order valence-corrected chi connectivity index (χ0v) is 21.3. The van der Waals surface area contributed by atoms with Crippen LogP contribution in [0.5, 0.6) is 0 Å². The molecule has 1 amide bonds. The molecular weight excluding hydrogens is 452 g/mol. The third-order valence-electron chi connectivity index (χ3n) is 6.06. The molecule has 35 heavy (non-hydrogen) atoms. The van der Waals surface area contributed by atoms with E-state index in [1.807, 2.05) is 12.1 Å². The highest BCUT2D eigenvalue weighted by molar-refractivity contribution is 7.99. The van der Waals surface area contributed by atoms with E-state index in [0.717, 1.165) is 44.3 Å². The van der Waals surface area contributed by atoms with E-state index >= 15 is 0 Å². The van der Waals surface area contributed by atoms with Gasteiger partial charge in [0.1, 0.15) is 0 Å². The van der Waals surface area contributed by atoms with Crippen molar-refractivity contribution in [3.8, 4) is 0 Å². The molecule has 4 nitrogen and oxygen atoms in total. The first-order valence-corrected chi connectivity index (χ1v) is 13.7. The minimum atomic E-state index is 0.0224. The Balaban J connectivity index is 1.35. The van der Waals surface area contributed by atoms with Gasteiger partial charge in [0, 0.05) is 29.7 Å². The number of hydrogen-bond donors (Lipinski definition) is 3. The molecule has 0 aliphatic rings. The molecule has 3 N–H and O–H groups in total. The number of unbranched alkanes of at least 4 members (excludes halogenated alkanes) is 3. The lowest BCUT2D eigenvalue weighted by Gasteiger charge is -2.18. The lowest BCUT2D eigenvalue weighted by atomic mass is 10.1. The van der Waals surface area contributed by atoms with Crippen molar-refractivity contribution in [2.75, 3.05) is 12.3 Å². The van der Waals surface area contributed by atoms with E-state index in [4.69, 9.17) is 5.21 Å². The van der Waals surface area contributed by atoms with Gasteiger partial charge in [-0.2, -0.15) is 0 Å². The summed E-state index contributed by atoms with van der Waals surface area (Å²) in [6.07, 6.45) is 7.60. The Bertz CT molecular complexity index is 965. The summed E-state index contributed by atoms with van der Waals surface area (Å²) < 4.78 is 0. The summed E-state index contributed by atoms with van der Waals surface area (Å²) in [7, 11) is 0. The number of hydrogen-bond acceptors (Lipinski definition) is 4. The fourth-order valence-corrected chi connectivity index (χ4v) is 5.05. The molecule has 0 saturated carbocycles. The van der Waals surface area contributed by atoms with Gasteiger partial charge >= 0.3 is 0 Å². The maximum Gasteiger partial charge on any atom is 0.220 e. The number of carbonyl (C=O) groups is 1. The highest BCUT2D eigenvalue weighted by Gasteiger charge is 2.13. The molecule has 0 spiro atoms. The Morgan fingerprint density at radius 1 is 0.771 bits per heavy atom. The van der Waals surface area contributed by atoms with Crippen molar-refractivity contribution in [3.05, 3.63) is 102 Å². The van der Waals surface area contributed by atoms with Gasteiger partial charge in [0.15, 0.2) is 0 Å². The van der Waals surface area contributed by atoms with Crippen molar-refractivity contribution in [3.63, 3.8) is 0 Å². The number of thioether (sulfide) groups is 1. The van der Waals surface area contributed by atoms with Gasteiger partial charge in [-0.15, -0.1) is 11.8 Å². The Labute approximate surface area is 214 Å². The van der Waals surface area contributed by atoms with Gasteiger partial charge in [0.05, 0.1) is 0 Å². The fraction of sp³-hybridized carbons (Fsp3) is 0.367. The number of aryl methyl sites for hydroxylation is 1. The molecule has 0 saturated heterocycles. The fourth-order valence-electron chi connectivity index (χ4n) is 4.08. The maximum absolute atomic E-state index is 12.5. The molecule has 3 aromatic rings. The molecule has 186 valence electrons. The average Bonchev–Trinajstić information content (AvgIpc) is 2.89. The van der Waals surface area contributed by atoms with Crippen molar-refractivity contribution < 1.29 is 10.0 Å². The van der Waals surface area contributed by atoms with Crippen LogP contribution in [0.1, 0.15) is 55.2 Å². The Morgan fingerprint density at radius 3 is 2.09 bits per heavy atom. The maximum atomic E-state index is 12.5. The second-order valence-corrected chi connectivity index (χ2v) is 10.1. The number of benzene rings is 3. The molecule has 0 aliphatic carbocycles. The lowest BCUT2D eigenvalue weighted by molar-refractivity contribution is -0.121.